The molecule has 0 saturated heterocycles. The van der Waals surface area contributed by atoms with Gasteiger partial charge in [0.15, 0.2) is 0 Å². The first-order chi connectivity index (χ1) is 11.9. The van der Waals surface area contributed by atoms with Crippen LogP contribution >= 0.6 is 11.3 Å². The predicted octanol–water partition coefficient (Wildman–Crippen LogP) is 5.86. The quantitative estimate of drug-likeness (QED) is 0.628. The van der Waals surface area contributed by atoms with Gasteiger partial charge >= 0.3 is 0 Å². The Morgan fingerprint density at radius 2 is 1.88 bits per heavy atom. The highest BCUT2D eigenvalue weighted by molar-refractivity contribution is 7.19. The van der Waals surface area contributed by atoms with Gasteiger partial charge in [-0.25, -0.2) is 9.97 Å². The average Bonchev–Trinajstić information content (AvgIpc) is 2.93. The molecule has 25 heavy (non-hydrogen) atoms. The van der Waals surface area contributed by atoms with E-state index in [4.69, 9.17) is 0 Å². The molecule has 1 aliphatic rings. The normalized spacial score (nSPS) is 17.5. The summed E-state index contributed by atoms with van der Waals surface area (Å²) in [4.78, 5) is 11.7. The van der Waals surface area contributed by atoms with Crippen LogP contribution in [0.3, 0.4) is 0 Å². The number of thiophene rings is 1. The Morgan fingerprint density at radius 3 is 2.60 bits per heavy atom. The molecule has 3 aromatic rings. The minimum atomic E-state index is 0.170. The molecule has 2 heterocycles. The van der Waals surface area contributed by atoms with E-state index in [0.717, 1.165) is 28.7 Å². The number of aromatic nitrogens is 2. The molecule has 2 aromatic heterocycles. The first-order valence-electron chi connectivity index (χ1n) is 9.04. The highest BCUT2D eigenvalue weighted by Crippen LogP contribution is 2.40. The highest BCUT2D eigenvalue weighted by Gasteiger charge is 2.23. The molecule has 0 spiro atoms. The van der Waals surface area contributed by atoms with Gasteiger partial charge in [0.2, 0.25) is 0 Å². The number of rotatable bonds is 2. The maximum Gasteiger partial charge on any atom is 0.142 e. The molecule has 0 bridgehead atoms. The summed E-state index contributed by atoms with van der Waals surface area (Å²) in [6, 6.07) is 8.70. The van der Waals surface area contributed by atoms with Crippen LogP contribution in [0.5, 0.6) is 0 Å². The second kappa shape index (κ2) is 6.10. The van der Waals surface area contributed by atoms with Crippen LogP contribution in [-0.4, -0.2) is 9.97 Å². The van der Waals surface area contributed by atoms with Gasteiger partial charge in [-0.05, 0) is 53.9 Å². The molecule has 1 aromatic carbocycles. The Labute approximate surface area is 153 Å². The Kier molecular flexibility index (Phi) is 4.03. The van der Waals surface area contributed by atoms with Crippen LogP contribution in [0.1, 0.15) is 50.1 Å². The lowest BCUT2D eigenvalue weighted by Gasteiger charge is -2.20. The van der Waals surface area contributed by atoms with E-state index >= 15 is 0 Å². The number of nitrogens with one attached hydrogen (secondary N) is 1. The van der Waals surface area contributed by atoms with E-state index in [-0.39, 0.29) is 5.41 Å². The van der Waals surface area contributed by atoms with E-state index < -0.39 is 0 Å². The van der Waals surface area contributed by atoms with E-state index in [1.807, 2.05) is 11.3 Å². The van der Waals surface area contributed by atoms with Crippen LogP contribution in [0.4, 0.5) is 11.5 Å². The van der Waals surface area contributed by atoms with E-state index in [1.165, 1.54) is 34.2 Å². The fraction of sp³-hybridized carbons (Fsp3) is 0.429. The molecule has 130 valence electrons. The monoisotopic (exact) mass is 351 g/mol. The van der Waals surface area contributed by atoms with Gasteiger partial charge in [0.1, 0.15) is 17.0 Å². The summed E-state index contributed by atoms with van der Waals surface area (Å²) in [5.41, 5.74) is 4.06. The average molecular weight is 352 g/mol. The van der Waals surface area contributed by atoms with E-state index in [1.54, 1.807) is 6.33 Å². The van der Waals surface area contributed by atoms with Gasteiger partial charge < -0.3 is 5.32 Å². The first-order valence-corrected chi connectivity index (χ1v) is 9.86. The summed E-state index contributed by atoms with van der Waals surface area (Å²) in [7, 11) is 0. The Balaban J connectivity index is 1.70. The van der Waals surface area contributed by atoms with Crippen LogP contribution in [0.15, 0.2) is 30.6 Å². The maximum atomic E-state index is 4.56. The molecule has 0 saturated carbocycles. The standard InChI is InChI=1S/C21H25N3S/c1-13-5-10-16-17(11-13)25-20-18(16)19(22-12-23-20)24-15-8-6-14(7-9-15)21(2,3)4/h6-9,12-13H,5,10-11H2,1-4H3,(H,22,23,24). The minimum absolute atomic E-state index is 0.170. The van der Waals surface area contributed by atoms with E-state index in [9.17, 15) is 0 Å². The number of anilines is 2. The van der Waals surface area contributed by atoms with Crippen molar-refractivity contribution in [3.8, 4) is 0 Å². The lowest BCUT2D eigenvalue weighted by Crippen LogP contribution is -2.10. The first kappa shape index (κ1) is 16.5. The number of hydrogen-bond donors (Lipinski definition) is 1. The molecule has 1 aliphatic carbocycles. The Bertz CT molecular complexity index is 903. The fourth-order valence-electron chi connectivity index (χ4n) is 3.56. The van der Waals surface area contributed by atoms with Gasteiger partial charge in [-0.15, -0.1) is 11.3 Å². The van der Waals surface area contributed by atoms with Crippen LogP contribution in [-0.2, 0) is 18.3 Å². The number of hydrogen-bond acceptors (Lipinski definition) is 4. The molecule has 0 amide bonds. The lowest BCUT2D eigenvalue weighted by atomic mass is 9.87. The molecular formula is C21H25N3S. The number of benzene rings is 1. The van der Waals surface area contributed by atoms with Crippen LogP contribution in [0.25, 0.3) is 10.2 Å². The zero-order valence-electron chi connectivity index (χ0n) is 15.4. The van der Waals surface area contributed by atoms with Crippen molar-refractivity contribution in [3.05, 3.63) is 46.6 Å². The second-order valence-corrected chi connectivity index (χ2v) is 9.29. The highest BCUT2D eigenvalue weighted by atomic mass is 32.1. The number of aryl methyl sites for hydroxylation is 1. The fourth-order valence-corrected chi connectivity index (χ4v) is 4.91. The maximum absolute atomic E-state index is 4.56. The molecule has 3 nitrogen and oxygen atoms in total. The Hall–Kier alpha value is -1.94. The van der Waals surface area contributed by atoms with Crippen molar-refractivity contribution in [2.24, 2.45) is 5.92 Å². The van der Waals surface area contributed by atoms with Gasteiger partial charge in [0.25, 0.3) is 0 Å². The largest absolute Gasteiger partial charge is 0.340 e. The van der Waals surface area contributed by atoms with E-state index in [2.05, 4.69) is 67.2 Å². The van der Waals surface area contributed by atoms with Crippen LogP contribution in [0, 0.1) is 5.92 Å². The number of fused-ring (bicyclic) bond motifs is 3. The molecule has 4 rings (SSSR count). The topological polar surface area (TPSA) is 37.8 Å². The molecule has 1 N–H and O–H groups in total. The summed E-state index contributed by atoms with van der Waals surface area (Å²) in [6.07, 6.45) is 5.25. The molecular weight excluding hydrogens is 326 g/mol. The van der Waals surface area contributed by atoms with E-state index in [0.29, 0.717) is 0 Å². The predicted molar refractivity (Wildman–Crippen MR) is 107 cm³/mol. The smallest absolute Gasteiger partial charge is 0.142 e. The second-order valence-electron chi connectivity index (χ2n) is 8.21. The third-order valence-electron chi connectivity index (χ3n) is 5.11. The van der Waals surface area contributed by atoms with Gasteiger partial charge in [-0.2, -0.15) is 0 Å². The number of nitrogens with zero attached hydrogens (tertiary/aromatic N) is 2. The summed E-state index contributed by atoms with van der Waals surface area (Å²) < 4.78 is 0. The van der Waals surface area contributed by atoms with Crippen LogP contribution < -0.4 is 5.32 Å². The molecule has 0 radical (unpaired) electrons. The third-order valence-corrected chi connectivity index (χ3v) is 6.27. The molecule has 0 aliphatic heterocycles. The summed E-state index contributed by atoms with van der Waals surface area (Å²) in [6.45, 7) is 9.06. The SMILES string of the molecule is CC1CCc2c(sc3ncnc(Nc4ccc(C(C)(C)C)cc4)c23)C1. The van der Waals surface area contributed by atoms with Crippen molar-refractivity contribution >= 4 is 33.1 Å². The van der Waals surface area contributed by atoms with Crippen molar-refractivity contribution in [1.82, 2.24) is 9.97 Å². The van der Waals surface area contributed by atoms with Crippen molar-refractivity contribution in [1.29, 1.82) is 0 Å². The summed E-state index contributed by atoms with van der Waals surface area (Å²) in [5.74, 6) is 1.72. The lowest BCUT2D eigenvalue weighted by molar-refractivity contribution is 0.509. The van der Waals surface area contributed by atoms with Crippen LogP contribution in [0.2, 0.25) is 0 Å². The zero-order chi connectivity index (χ0) is 17.6. The summed E-state index contributed by atoms with van der Waals surface area (Å²) in [5, 5.41) is 4.76. The summed E-state index contributed by atoms with van der Waals surface area (Å²) >= 11 is 1.84. The molecule has 1 atom stereocenters. The third kappa shape index (κ3) is 3.15. The molecule has 4 heteroatoms. The van der Waals surface area contributed by atoms with Gasteiger partial charge in [-0.1, -0.05) is 39.8 Å². The van der Waals surface area contributed by atoms with Crippen molar-refractivity contribution < 1.29 is 0 Å². The minimum Gasteiger partial charge on any atom is -0.340 e. The molecule has 0 fully saturated rings. The van der Waals surface area contributed by atoms with Crippen molar-refractivity contribution in [2.45, 2.75) is 52.4 Å². The van der Waals surface area contributed by atoms with Gasteiger partial charge in [0.05, 0.1) is 5.39 Å². The Morgan fingerprint density at radius 1 is 1.12 bits per heavy atom. The van der Waals surface area contributed by atoms with Gasteiger partial charge in [0, 0.05) is 10.6 Å². The molecule has 1 unspecified atom stereocenters. The zero-order valence-corrected chi connectivity index (χ0v) is 16.2. The van der Waals surface area contributed by atoms with Crippen molar-refractivity contribution in [3.63, 3.8) is 0 Å². The van der Waals surface area contributed by atoms with Crippen molar-refractivity contribution in [2.75, 3.05) is 5.32 Å². The van der Waals surface area contributed by atoms with Gasteiger partial charge in [-0.3, -0.25) is 0 Å².